The lowest BCUT2D eigenvalue weighted by atomic mass is 10.1. The summed E-state index contributed by atoms with van der Waals surface area (Å²) in [7, 11) is 0. The third-order valence-corrected chi connectivity index (χ3v) is 4.52. The minimum absolute atomic E-state index is 0.954. The quantitative estimate of drug-likeness (QED) is 0.718. The number of nitrogens with one attached hydrogen (secondary N) is 3. The van der Waals surface area contributed by atoms with Gasteiger partial charge in [0, 0.05) is 29.4 Å². The Hall–Kier alpha value is -1.88. The molecule has 4 nitrogen and oxygen atoms in total. The number of para-hydroxylation sites is 1. The van der Waals surface area contributed by atoms with Gasteiger partial charge in [-0.05, 0) is 31.1 Å². The molecule has 5 heteroatoms. The molecule has 1 aromatic heterocycles. The Morgan fingerprint density at radius 2 is 2.24 bits per heavy atom. The standard InChI is InChI=1S/C16H20N4S/c1-12-15(19-11-18-12)10-21-9-8-17-16-7-6-13-4-2-3-5-14(13)20-16/h2-5,7,11,17,20H,6,8-10H2,1H3,(H,18,19). The Labute approximate surface area is 129 Å². The lowest BCUT2D eigenvalue weighted by molar-refractivity contribution is 0.851. The molecule has 3 N–H and O–H groups in total. The highest BCUT2D eigenvalue weighted by atomic mass is 32.2. The van der Waals surface area contributed by atoms with E-state index in [9.17, 15) is 0 Å². The number of aromatic nitrogens is 2. The number of allylic oxidation sites excluding steroid dienone is 1. The summed E-state index contributed by atoms with van der Waals surface area (Å²) in [5, 5.41) is 6.89. The van der Waals surface area contributed by atoms with Gasteiger partial charge in [-0.25, -0.2) is 4.98 Å². The van der Waals surface area contributed by atoms with E-state index >= 15 is 0 Å². The molecule has 21 heavy (non-hydrogen) atoms. The number of imidazole rings is 1. The molecule has 0 bridgehead atoms. The first kappa shape index (κ1) is 14.1. The summed E-state index contributed by atoms with van der Waals surface area (Å²) in [4.78, 5) is 7.42. The number of aromatic amines is 1. The molecular weight excluding hydrogens is 280 g/mol. The van der Waals surface area contributed by atoms with E-state index in [1.54, 1.807) is 6.33 Å². The monoisotopic (exact) mass is 300 g/mol. The highest BCUT2D eigenvalue weighted by Gasteiger charge is 2.08. The van der Waals surface area contributed by atoms with E-state index in [1.807, 2.05) is 11.8 Å². The number of thioether (sulfide) groups is 1. The van der Waals surface area contributed by atoms with Crippen molar-refractivity contribution in [3.8, 4) is 0 Å². The molecule has 1 aromatic carbocycles. The fourth-order valence-electron chi connectivity index (χ4n) is 2.30. The molecule has 0 fully saturated rings. The van der Waals surface area contributed by atoms with Crippen molar-refractivity contribution in [2.75, 3.05) is 17.6 Å². The molecule has 0 spiro atoms. The van der Waals surface area contributed by atoms with Crippen molar-refractivity contribution in [1.82, 2.24) is 15.3 Å². The zero-order valence-electron chi connectivity index (χ0n) is 12.1. The van der Waals surface area contributed by atoms with Crippen molar-refractivity contribution in [1.29, 1.82) is 0 Å². The predicted octanol–water partition coefficient (Wildman–Crippen LogP) is 3.05. The number of nitrogens with zero attached hydrogens (tertiary/aromatic N) is 1. The van der Waals surface area contributed by atoms with Gasteiger partial charge in [0.05, 0.1) is 17.8 Å². The second kappa shape index (κ2) is 6.72. The number of rotatable bonds is 6. The Bertz CT molecular complexity index is 633. The van der Waals surface area contributed by atoms with Crippen LogP contribution >= 0.6 is 11.8 Å². The summed E-state index contributed by atoms with van der Waals surface area (Å²) in [6.07, 6.45) is 4.97. The number of hydrogen-bond donors (Lipinski definition) is 3. The second-order valence-corrected chi connectivity index (χ2v) is 6.16. The Morgan fingerprint density at radius 3 is 3.10 bits per heavy atom. The average molecular weight is 300 g/mol. The number of anilines is 1. The van der Waals surface area contributed by atoms with E-state index < -0.39 is 0 Å². The third-order valence-electron chi connectivity index (χ3n) is 3.55. The van der Waals surface area contributed by atoms with Crippen LogP contribution in [0.5, 0.6) is 0 Å². The Kier molecular flexibility index (Phi) is 4.50. The third kappa shape index (κ3) is 3.61. The molecular formula is C16H20N4S. The summed E-state index contributed by atoms with van der Waals surface area (Å²) in [6, 6.07) is 8.44. The van der Waals surface area contributed by atoms with Gasteiger partial charge in [0.15, 0.2) is 0 Å². The Morgan fingerprint density at radius 1 is 1.33 bits per heavy atom. The zero-order chi connectivity index (χ0) is 14.5. The molecule has 1 aliphatic heterocycles. The lowest BCUT2D eigenvalue weighted by Crippen LogP contribution is -2.24. The van der Waals surface area contributed by atoms with Gasteiger partial charge in [-0.15, -0.1) is 0 Å². The van der Waals surface area contributed by atoms with Gasteiger partial charge in [-0.2, -0.15) is 11.8 Å². The van der Waals surface area contributed by atoms with Crippen LogP contribution in [0.25, 0.3) is 0 Å². The molecule has 3 rings (SSSR count). The van der Waals surface area contributed by atoms with Crippen LogP contribution in [0, 0.1) is 6.92 Å². The van der Waals surface area contributed by atoms with Gasteiger partial charge in [0.1, 0.15) is 0 Å². The van der Waals surface area contributed by atoms with Gasteiger partial charge in [0.2, 0.25) is 0 Å². The van der Waals surface area contributed by atoms with Crippen LogP contribution in [-0.4, -0.2) is 22.3 Å². The van der Waals surface area contributed by atoms with Crippen molar-refractivity contribution < 1.29 is 0 Å². The van der Waals surface area contributed by atoms with Crippen molar-refractivity contribution in [3.63, 3.8) is 0 Å². The number of fused-ring (bicyclic) bond motifs is 1. The van der Waals surface area contributed by atoms with Crippen LogP contribution in [0.4, 0.5) is 5.69 Å². The first-order chi connectivity index (χ1) is 10.3. The maximum atomic E-state index is 4.31. The molecule has 110 valence electrons. The highest BCUT2D eigenvalue weighted by molar-refractivity contribution is 7.98. The zero-order valence-corrected chi connectivity index (χ0v) is 13.0. The van der Waals surface area contributed by atoms with E-state index in [0.717, 1.165) is 36.0 Å². The van der Waals surface area contributed by atoms with Crippen LogP contribution in [0.1, 0.15) is 17.0 Å². The lowest BCUT2D eigenvalue weighted by Gasteiger charge is -2.20. The van der Waals surface area contributed by atoms with Gasteiger partial charge in [-0.1, -0.05) is 18.2 Å². The van der Waals surface area contributed by atoms with Crippen molar-refractivity contribution in [3.05, 3.63) is 59.4 Å². The van der Waals surface area contributed by atoms with E-state index in [0.29, 0.717) is 0 Å². The number of hydrogen-bond acceptors (Lipinski definition) is 4. The molecule has 0 saturated heterocycles. The smallest absolute Gasteiger partial charge is 0.0993 e. The largest absolute Gasteiger partial charge is 0.371 e. The van der Waals surface area contributed by atoms with Crippen LogP contribution in [0.2, 0.25) is 0 Å². The minimum atomic E-state index is 0.954. The molecule has 0 radical (unpaired) electrons. The maximum absolute atomic E-state index is 4.31. The SMILES string of the molecule is Cc1[nH]cnc1CSCCNC1=CCc2ccccc2N1. The Balaban J connectivity index is 1.39. The summed E-state index contributed by atoms with van der Waals surface area (Å²) >= 11 is 1.90. The predicted molar refractivity (Wildman–Crippen MR) is 89.3 cm³/mol. The average Bonchev–Trinajstić information content (AvgIpc) is 2.92. The molecule has 2 aromatic rings. The molecule has 0 atom stereocenters. The summed E-state index contributed by atoms with van der Waals surface area (Å²) in [6.45, 7) is 3.02. The molecule has 0 unspecified atom stereocenters. The fourth-order valence-corrected chi connectivity index (χ4v) is 3.18. The number of H-pyrrole nitrogens is 1. The first-order valence-electron chi connectivity index (χ1n) is 7.18. The van der Waals surface area contributed by atoms with Gasteiger partial charge in [-0.3, -0.25) is 0 Å². The molecule has 0 aliphatic carbocycles. The van der Waals surface area contributed by atoms with Crippen LogP contribution in [0.15, 0.2) is 42.5 Å². The molecule has 0 saturated carbocycles. The fraction of sp³-hybridized carbons (Fsp3) is 0.312. The molecule has 2 heterocycles. The van der Waals surface area contributed by atoms with Crippen molar-refractivity contribution >= 4 is 17.4 Å². The first-order valence-corrected chi connectivity index (χ1v) is 8.34. The van der Waals surface area contributed by atoms with E-state index in [1.165, 1.54) is 16.9 Å². The maximum Gasteiger partial charge on any atom is 0.0993 e. The van der Waals surface area contributed by atoms with Crippen molar-refractivity contribution in [2.45, 2.75) is 19.1 Å². The summed E-state index contributed by atoms with van der Waals surface area (Å²) in [5.41, 5.74) is 4.89. The normalized spacial score (nSPS) is 13.3. The van der Waals surface area contributed by atoms with E-state index in [2.05, 4.69) is 57.9 Å². The van der Waals surface area contributed by atoms with E-state index in [4.69, 9.17) is 0 Å². The van der Waals surface area contributed by atoms with Crippen LogP contribution < -0.4 is 10.6 Å². The van der Waals surface area contributed by atoms with Crippen LogP contribution in [-0.2, 0) is 12.2 Å². The molecule has 1 aliphatic rings. The summed E-state index contributed by atoms with van der Waals surface area (Å²) < 4.78 is 0. The number of benzene rings is 1. The molecule has 0 amide bonds. The highest BCUT2D eigenvalue weighted by Crippen LogP contribution is 2.21. The number of aryl methyl sites for hydroxylation is 1. The second-order valence-electron chi connectivity index (χ2n) is 5.06. The topological polar surface area (TPSA) is 52.7 Å². The summed E-state index contributed by atoms with van der Waals surface area (Å²) in [5.74, 6) is 3.14. The van der Waals surface area contributed by atoms with Gasteiger partial charge in [0.25, 0.3) is 0 Å². The van der Waals surface area contributed by atoms with Gasteiger partial charge < -0.3 is 15.6 Å². The minimum Gasteiger partial charge on any atom is -0.371 e. The van der Waals surface area contributed by atoms with Gasteiger partial charge >= 0.3 is 0 Å². The van der Waals surface area contributed by atoms with E-state index in [-0.39, 0.29) is 0 Å². The van der Waals surface area contributed by atoms with Crippen LogP contribution in [0.3, 0.4) is 0 Å². The van der Waals surface area contributed by atoms with Crippen molar-refractivity contribution in [2.24, 2.45) is 0 Å².